The van der Waals surface area contributed by atoms with Gasteiger partial charge in [0.2, 0.25) is 5.96 Å². The summed E-state index contributed by atoms with van der Waals surface area (Å²) < 4.78 is 8.39. The van der Waals surface area contributed by atoms with E-state index in [1.165, 1.54) is 15.9 Å². The predicted molar refractivity (Wildman–Crippen MR) is 116 cm³/mol. The fraction of sp³-hybridized carbons (Fsp3) is 0.600. The first kappa shape index (κ1) is 20.6. The third kappa shape index (κ3) is 3.22. The molecule has 10 heteroatoms. The zero-order valence-corrected chi connectivity index (χ0v) is 18.3. The van der Waals surface area contributed by atoms with Crippen LogP contribution in [0.2, 0.25) is 0 Å². The van der Waals surface area contributed by atoms with Crippen LogP contribution < -0.4 is 16.6 Å². The van der Waals surface area contributed by atoms with Gasteiger partial charge in [0.1, 0.15) is 4.83 Å². The van der Waals surface area contributed by atoms with Crippen molar-refractivity contribution in [3.05, 3.63) is 31.3 Å². The highest BCUT2D eigenvalue weighted by Gasteiger charge is 2.38. The Labute approximate surface area is 178 Å². The summed E-state index contributed by atoms with van der Waals surface area (Å²) in [5, 5.41) is 12.2. The Morgan fingerprint density at radius 3 is 2.77 bits per heavy atom. The molecule has 0 atom stereocenters. The normalized spacial score (nSPS) is 17.7. The van der Waals surface area contributed by atoms with E-state index in [4.69, 9.17) is 10.00 Å². The molecule has 1 N–H and O–H groups in total. The molecule has 0 unspecified atom stereocenters. The first-order valence-corrected chi connectivity index (χ1v) is 10.9. The minimum atomic E-state index is -0.419. The van der Waals surface area contributed by atoms with E-state index >= 15 is 0 Å². The van der Waals surface area contributed by atoms with Crippen LogP contribution in [0, 0.1) is 18.4 Å². The maximum atomic E-state index is 13.5. The number of nitrogens with one attached hydrogen (secondary N) is 1. The van der Waals surface area contributed by atoms with Gasteiger partial charge in [0.05, 0.1) is 31.6 Å². The average molecular weight is 431 g/mol. The lowest BCUT2D eigenvalue weighted by atomic mass is 9.78. The van der Waals surface area contributed by atoms with Gasteiger partial charge in [0.15, 0.2) is 6.19 Å². The third-order valence-electron chi connectivity index (χ3n) is 6.23. The first-order chi connectivity index (χ1) is 14.4. The molecule has 1 aliphatic heterocycles. The summed E-state index contributed by atoms with van der Waals surface area (Å²) in [6.45, 7) is 6.59. The van der Waals surface area contributed by atoms with Crippen LogP contribution in [0.5, 0.6) is 0 Å². The Kier molecular flexibility index (Phi) is 5.42. The lowest BCUT2D eigenvalue weighted by Crippen LogP contribution is -2.53. The van der Waals surface area contributed by atoms with Crippen molar-refractivity contribution in [1.29, 1.82) is 5.26 Å². The number of aliphatic imine (C=N–C) groups is 1. The summed E-state index contributed by atoms with van der Waals surface area (Å²) in [5.41, 5.74) is 0.0218. The summed E-state index contributed by atoms with van der Waals surface area (Å²) in [6, 6.07) is 0. The van der Waals surface area contributed by atoms with Crippen molar-refractivity contribution < 1.29 is 4.74 Å². The molecule has 0 aromatic carbocycles. The molecule has 2 aliphatic rings. The molecule has 30 heavy (non-hydrogen) atoms. The molecule has 0 radical (unpaired) electrons. The largest absolute Gasteiger partial charge is 0.383 e. The number of aromatic nitrogens is 2. The van der Waals surface area contributed by atoms with Crippen molar-refractivity contribution in [2.45, 2.75) is 51.7 Å². The van der Waals surface area contributed by atoms with Crippen molar-refractivity contribution in [3.63, 3.8) is 0 Å². The van der Waals surface area contributed by atoms with Gasteiger partial charge in [0, 0.05) is 24.1 Å². The van der Waals surface area contributed by atoms with Gasteiger partial charge in [-0.1, -0.05) is 0 Å². The highest BCUT2D eigenvalue weighted by atomic mass is 32.1. The highest BCUT2D eigenvalue weighted by Crippen LogP contribution is 2.37. The minimum Gasteiger partial charge on any atom is -0.383 e. The molecule has 1 fully saturated rings. The van der Waals surface area contributed by atoms with Crippen LogP contribution in [0.15, 0.2) is 14.6 Å². The average Bonchev–Trinajstić information content (AvgIpc) is 3.25. The second kappa shape index (κ2) is 7.89. The summed E-state index contributed by atoms with van der Waals surface area (Å²) in [7, 11) is 1.60. The van der Waals surface area contributed by atoms with Gasteiger partial charge >= 0.3 is 5.69 Å². The number of aryl methyl sites for hydroxylation is 1. The van der Waals surface area contributed by atoms with Gasteiger partial charge in [-0.15, -0.1) is 11.3 Å². The molecule has 0 amide bonds. The molecule has 0 saturated heterocycles. The number of hydrogen-bond donors (Lipinski definition) is 1. The van der Waals surface area contributed by atoms with E-state index in [1.807, 2.05) is 24.9 Å². The van der Waals surface area contributed by atoms with Crippen LogP contribution in [0.1, 0.15) is 36.6 Å². The number of rotatable bonds is 6. The van der Waals surface area contributed by atoms with E-state index in [2.05, 4.69) is 10.3 Å². The topological polar surface area (TPSA) is 105 Å². The Hall–Kier alpha value is -2.64. The number of ether oxygens (including phenoxy) is 1. The van der Waals surface area contributed by atoms with Crippen LogP contribution in [0.4, 0.5) is 0 Å². The first-order valence-electron chi connectivity index (χ1n) is 10.1. The van der Waals surface area contributed by atoms with Crippen molar-refractivity contribution in [3.8, 4) is 6.19 Å². The highest BCUT2D eigenvalue weighted by molar-refractivity contribution is 7.18. The lowest BCUT2D eigenvalue weighted by molar-refractivity contribution is 0.149. The van der Waals surface area contributed by atoms with Gasteiger partial charge in [-0.3, -0.25) is 24.2 Å². The molecule has 160 valence electrons. The Balaban J connectivity index is 1.86. The number of hydrogen-bond acceptors (Lipinski definition) is 8. The molecule has 0 spiro atoms. The number of thiophene rings is 1. The zero-order chi connectivity index (χ0) is 21.5. The molecule has 4 rings (SSSR count). The molecular formula is C20H26N6O3S. The van der Waals surface area contributed by atoms with Crippen LogP contribution in [-0.4, -0.2) is 46.8 Å². The maximum Gasteiger partial charge on any atom is 0.332 e. The SMILES string of the molecule is COCCn1c(=O)n(C2(C)CCC2)c(=O)c2c(C)c(CN3CCN=C3NC#N)sc21. The van der Waals surface area contributed by atoms with Crippen LogP contribution >= 0.6 is 11.3 Å². The Bertz CT molecular complexity index is 1160. The molecule has 3 heterocycles. The Morgan fingerprint density at radius 2 is 2.13 bits per heavy atom. The van der Waals surface area contributed by atoms with Crippen molar-refractivity contribution in [2.75, 3.05) is 26.8 Å². The van der Waals surface area contributed by atoms with E-state index in [0.29, 0.717) is 49.0 Å². The second-order valence-electron chi connectivity index (χ2n) is 8.11. The number of nitrogens with zero attached hydrogens (tertiary/aromatic N) is 5. The number of fused-ring (bicyclic) bond motifs is 1. The van der Waals surface area contributed by atoms with Gasteiger partial charge in [-0.25, -0.2) is 4.79 Å². The van der Waals surface area contributed by atoms with Gasteiger partial charge in [-0.05, 0) is 38.7 Å². The number of nitriles is 1. The predicted octanol–water partition coefficient (Wildman–Crippen LogP) is 1.32. The van der Waals surface area contributed by atoms with E-state index in [-0.39, 0.29) is 11.2 Å². The molecule has 1 saturated carbocycles. The van der Waals surface area contributed by atoms with Gasteiger partial charge in [-0.2, -0.15) is 5.26 Å². The summed E-state index contributed by atoms with van der Waals surface area (Å²) in [5.74, 6) is 0.547. The molecular weight excluding hydrogens is 404 g/mol. The smallest absolute Gasteiger partial charge is 0.332 e. The molecule has 9 nitrogen and oxygen atoms in total. The fourth-order valence-electron chi connectivity index (χ4n) is 4.29. The third-order valence-corrected chi connectivity index (χ3v) is 7.53. The molecule has 2 aromatic rings. The van der Waals surface area contributed by atoms with Crippen LogP contribution in [0.3, 0.4) is 0 Å². The fourth-order valence-corrected chi connectivity index (χ4v) is 5.62. The van der Waals surface area contributed by atoms with E-state index in [1.54, 1.807) is 11.7 Å². The van der Waals surface area contributed by atoms with E-state index in [9.17, 15) is 9.59 Å². The second-order valence-corrected chi connectivity index (χ2v) is 9.20. The molecule has 0 bridgehead atoms. The molecule has 1 aliphatic carbocycles. The summed E-state index contributed by atoms with van der Waals surface area (Å²) in [6.07, 6.45) is 4.61. The van der Waals surface area contributed by atoms with E-state index in [0.717, 1.165) is 29.7 Å². The van der Waals surface area contributed by atoms with Crippen molar-refractivity contribution in [2.24, 2.45) is 4.99 Å². The maximum absolute atomic E-state index is 13.5. The van der Waals surface area contributed by atoms with E-state index < -0.39 is 5.54 Å². The molecule has 2 aromatic heterocycles. The quantitative estimate of drug-likeness (QED) is 0.548. The van der Waals surface area contributed by atoms with Crippen molar-refractivity contribution in [1.82, 2.24) is 19.4 Å². The van der Waals surface area contributed by atoms with Crippen molar-refractivity contribution >= 4 is 27.5 Å². The minimum absolute atomic E-state index is 0.198. The lowest BCUT2D eigenvalue weighted by Gasteiger charge is -2.39. The monoisotopic (exact) mass is 430 g/mol. The van der Waals surface area contributed by atoms with Gasteiger partial charge < -0.3 is 9.64 Å². The zero-order valence-electron chi connectivity index (χ0n) is 17.5. The Morgan fingerprint density at radius 1 is 1.37 bits per heavy atom. The number of guanidine groups is 1. The van der Waals surface area contributed by atoms with Gasteiger partial charge in [0.25, 0.3) is 5.56 Å². The standard InChI is InChI=1S/C20H26N6O3S/c1-13-14(11-24-8-7-22-18(24)23-12-21)30-17-15(13)16(27)26(20(2)5-4-6-20)19(28)25(17)9-10-29-3/h4-11H2,1-3H3,(H,22,23). The van der Waals surface area contributed by atoms with Crippen LogP contribution in [-0.2, 0) is 23.4 Å². The van der Waals surface area contributed by atoms with Crippen LogP contribution in [0.25, 0.3) is 10.2 Å². The summed E-state index contributed by atoms with van der Waals surface area (Å²) in [4.78, 5) is 34.8. The summed E-state index contributed by atoms with van der Waals surface area (Å²) >= 11 is 1.47. The number of methoxy groups -OCH3 is 1.